The number of carbonyl (C=O) groups is 2. The van der Waals surface area contributed by atoms with Gasteiger partial charge in [-0.05, 0) is 65.5 Å². The first-order chi connectivity index (χ1) is 15.6. The van der Waals surface area contributed by atoms with Crippen molar-refractivity contribution >= 4 is 12.0 Å². The van der Waals surface area contributed by atoms with Gasteiger partial charge >= 0.3 is 12.5 Å². The minimum absolute atomic E-state index is 0.0320. The zero-order valence-corrected chi connectivity index (χ0v) is 20.5. The first-order valence-corrected chi connectivity index (χ1v) is 11.2. The zero-order valence-electron chi connectivity index (χ0n) is 20.5. The molecule has 1 aliphatic rings. The van der Waals surface area contributed by atoms with E-state index in [0.29, 0.717) is 19.5 Å². The maximum Gasteiger partial charge on any atom is 0.573 e. The minimum atomic E-state index is -4.89. The van der Waals surface area contributed by atoms with Crippen molar-refractivity contribution in [1.29, 1.82) is 0 Å². The van der Waals surface area contributed by atoms with E-state index in [4.69, 9.17) is 9.47 Å². The Balaban J connectivity index is 1.97. The van der Waals surface area contributed by atoms with Crippen molar-refractivity contribution in [2.24, 2.45) is 11.3 Å². The number of nitrogens with one attached hydrogen (secondary N) is 1. The van der Waals surface area contributed by atoms with Crippen molar-refractivity contribution in [2.45, 2.75) is 72.4 Å². The van der Waals surface area contributed by atoms with E-state index in [-0.39, 0.29) is 36.4 Å². The molecule has 0 aromatic carbocycles. The molecule has 0 bridgehead atoms. The number of likely N-dealkylation sites (tertiary alicyclic amines) is 1. The fraction of sp³-hybridized carbons (Fsp3) is 0.696. The molecule has 0 saturated carbocycles. The van der Waals surface area contributed by atoms with Crippen LogP contribution < -0.4 is 14.8 Å². The monoisotopic (exact) mass is 489 g/mol. The molecule has 34 heavy (non-hydrogen) atoms. The summed E-state index contributed by atoms with van der Waals surface area (Å²) in [6, 6.07) is 2.22. The zero-order chi connectivity index (χ0) is 25.7. The Hall–Kier alpha value is -2.72. The van der Waals surface area contributed by atoms with Crippen molar-refractivity contribution in [3.8, 4) is 11.6 Å². The summed E-state index contributed by atoms with van der Waals surface area (Å²) in [6.45, 7) is 11.4. The molecule has 0 spiro atoms. The predicted molar refractivity (Wildman–Crippen MR) is 118 cm³/mol. The maximum atomic E-state index is 13.0. The Morgan fingerprint density at radius 3 is 2.47 bits per heavy atom. The smallest absolute Gasteiger partial charge is 0.474 e. The van der Waals surface area contributed by atoms with Crippen molar-refractivity contribution in [1.82, 2.24) is 15.2 Å². The molecule has 0 aliphatic carbocycles. The molecule has 192 valence electrons. The minimum Gasteiger partial charge on any atom is -0.474 e. The number of ether oxygens (including phenoxy) is 3. The first-order valence-electron chi connectivity index (χ1n) is 11.2. The number of alkyl halides is 3. The fourth-order valence-electron chi connectivity index (χ4n) is 3.49. The first kappa shape index (κ1) is 27.5. The van der Waals surface area contributed by atoms with Crippen LogP contribution in [0.4, 0.5) is 18.0 Å². The molecule has 2 atom stereocenters. The largest absolute Gasteiger partial charge is 0.573 e. The van der Waals surface area contributed by atoms with Crippen LogP contribution in [0.2, 0.25) is 0 Å². The van der Waals surface area contributed by atoms with Crippen LogP contribution in [0.1, 0.15) is 54.4 Å². The number of hydrogen-bond acceptors (Lipinski definition) is 6. The number of hydrogen-bond donors (Lipinski definition) is 1. The summed E-state index contributed by atoms with van der Waals surface area (Å²) in [5.41, 5.74) is -1.65. The van der Waals surface area contributed by atoms with Crippen LogP contribution in [0.3, 0.4) is 0 Å². The van der Waals surface area contributed by atoms with Gasteiger partial charge in [0, 0.05) is 25.3 Å². The molecule has 1 aromatic rings. The third kappa shape index (κ3) is 8.25. The molecule has 1 N–H and O–H groups in total. The average Bonchev–Trinajstić information content (AvgIpc) is 2.71. The van der Waals surface area contributed by atoms with Gasteiger partial charge in [-0.25, -0.2) is 9.78 Å². The van der Waals surface area contributed by atoms with Gasteiger partial charge in [0.1, 0.15) is 12.2 Å². The highest BCUT2D eigenvalue weighted by atomic mass is 19.4. The van der Waals surface area contributed by atoms with Gasteiger partial charge < -0.3 is 24.4 Å². The number of carbonyl (C=O) groups excluding carboxylic acids is 2. The van der Waals surface area contributed by atoms with E-state index in [0.717, 1.165) is 12.5 Å². The van der Waals surface area contributed by atoms with E-state index in [2.05, 4.69) is 15.0 Å². The van der Waals surface area contributed by atoms with Crippen LogP contribution in [-0.2, 0) is 9.53 Å². The van der Waals surface area contributed by atoms with Gasteiger partial charge in [-0.1, -0.05) is 6.92 Å². The van der Waals surface area contributed by atoms with Gasteiger partial charge in [-0.2, -0.15) is 0 Å². The van der Waals surface area contributed by atoms with E-state index >= 15 is 0 Å². The number of pyridine rings is 1. The molecule has 0 radical (unpaired) electrons. The van der Waals surface area contributed by atoms with Crippen LogP contribution in [0, 0.1) is 11.3 Å². The normalized spacial score (nSPS) is 19.4. The third-order valence-corrected chi connectivity index (χ3v) is 5.37. The Kier molecular flexibility index (Phi) is 8.65. The van der Waals surface area contributed by atoms with Crippen LogP contribution in [0.5, 0.6) is 11.6 Å². The highest BCUT2D eigenvalue weighted by Gasteiger charge is 2.37. The second-order valence-corrected chi connectivity index (χ2v) is 9.99. The highest BCUT2D eigenvalue weighted by molar-refractivity contribution is 5.82. The number of halogens is 3. The van der Waals surface area contributed by atoms with Crippen molar-refractivity contribution in [3.05, 3.63) is 18.3 Å². The van der Waals surface area contributed by atoms with Crippen LogP contribution in [-0.4, -0.2) is 59.6 Å². The van der Waals surface area contributed by atoms with Crippen LogP contribution >= 0.6 is 0 Å². The number of amides is 2. The van der Waals surface area contributed by atoms with Gasteiger partial charge in [-0.15, -0.1) is 13.2 Å². The topological polar surface area (TPSA) is 90.0 Å². The lowest BCUT2D eigenvalue weighted by molar-refractivity contribution is -0.275. The van der Waals surface area contributed by atoms with Crippen LogP contribution in [0.15, 0.2) is 18.3 Å². The van der Waals surface area contributed by atoms with E-state index < -0.39 is 23.1 Å². The predicted octanol–water partition coefficient (Wildman–Crippen LogP) is 4.54. The summed E-state index contributed by atoms with van der Waals surface area (Å²) in [5.74, 6) is -1.20. The summed E-state index contributed by atoms with van der Waals surface area (Å²) < 4.78 is 52.7. The number of rotatable bonds is 7. The molecular formula is C23H34F3N3O5. The molecule has 8 nitrogen and oxygen atoms in total. The molecule has 2 heterocycles. The van der Waals surface area contributed by atoms with E-state index in [1.807, 2.05) is 27.7 Å². The summed E-state index contributed by atoms with van der Waals surface area (Å²) in [6.07, 6.45) is -2.69. The SMILES string of the molecule is CCC1CN(C(=O)OC(C)(C)C)CCC1NC(=O)C(C)(C)COc1ncccc1OC(F)(F)F. The quantitative estimate of drug-likeness (QED) is 0.605. The molecule has 11 heteroatoms. The number of nitrogens with zero attached hydrogens (tertiary/aromatic N) is 2. The van der Waals surface area contributed by atoms with Gasteiger partial charge in [0.2, 0.25) is 5.91 Å². The standard InChI is InChI=1S/C23H34F3N3O5/c1-7-15-13-29(20(31)34-21(2,3)4)12-10-16(15)28-19(30)22(5,6)14-32-18-17(9-8-11-27-18)33-23(24,25)26/h8-9,11,15-16H,7,10,12-14H2,1-6H3,(H,28,30). The molecule has 1 fully saturated rings. The number of aromatic nitrogens is 1. The van der Waals surface area contributed by atoms with Gasteiger partial charge in [0.05, 0.1) is 5.41 Å². The Morgan fingerprint density at radius 2 is 1.88 bits per heavy atom. The third-order valence-electron chi connectivity index (χ3n) is 5.37. The van der Waals surface area contributed by atoms with Gasteiger partial charge in [-0.3, -0.25) is 4.79 Å². The lowest BCUT2D eigenvalue weighted by Crippen LogP contribution is -2.55. The van der Waals surface area contributed by atoms with E-state index in [1.165, 1.54) is 12.3 Å². The maximum absolute atomic E-state index is 13.0. The number of piperidine rings is 1. The van der Waals surface area contributed by atoms with E-state index in [1.54, 1.807) is 18.7 Å². The Morgan fingerprint density at radius 1 is 1.21 bits per heavy atom. The summed E-state index contributed by atoms with van der Waals surface area (Å²) >= 11 is 0. The Bertz CT molecular complexity index is 855. The molecule has 2 rings (SSSR count). The Labute approximate surface area is 198 Å². The lowest BCUT2D eigenvalue weighted by atomic mass is 9.87. The fourth-order valence-corrected chi connectivity index (χ4v) is 3.49. The van der Waals surface area contributed by atoms with Crippen molar-refractivity contribution < 1.29 is 37.0 Å². The molecule has 2 amide bonds. The second-order valence-electron chi connectivity index (χ2n) is 9.99. The summed E-state index contributed by atoms with van der Waals surface area (Å²) in [5, 5.41) is 3.03. The molecule has 2 unspecified atom stereocenters. The summed E-state index contributed by atoms with van der Waals surface area (Å²) in [7, 11) is 0. The van der Waals surface area contributed by atoms with Gasteiger partial charge in [0.25, 0.3) is 5.88 Å². The molecule has 1 aromatic heterocycles. The van der Waals surface area contributed by atoms with E-state index in [9.17, 15) is 22.8 Å². The lowest BCUT2D eigenvalue weighted by Gasteiger charge is -2.40. The summed E-state index contributed by atoms with van der Waals surface area (Å²) in [4.78, 5) is 30.9. The van der Waals surface area contributed by atoms with Crippen LogP contribution in [0.25, 0.3) is 0 Å². The molecule has 1 aliphatic heterocycles. The second kappa shape index (κ2) is 10.7. The highest BCUT2D eigenvalue weighted by Crippen LogP contribution is 2.31. The average molecular weight is 490 g/mol. The molecular weight excluding hydrogens is 455 g/mol. The van der Waals surface area contributed by atoms with Gasteiger partial charge in [0.15, 0.2) is 5.75 Å². The van der Waals surface area contributed by atoms with Crippen molar-refractivity contribution in [2.75, 3.05) is 19.7 Å². The molecule has 1 saturated heterocycles. The van der Waals surface area contributed by atoms with Crippen molar-refractivity contribution in [3.63, 3.8) is 0 Å².